The Balaban J connectivity index is 0.000000771. The Labute approximate surface area is 106 Å². The summed E-state index contributed by atoms with van der Waals surface area (Å²) in [7, 11) is 0. The summed E-state index contributed by atoms with van der Waals surface area (Å²) in [5.74, 6) is 5.00. The van der Waals surface area contributed by atoms with E-state index in [2.05, 4.69) is 11.8 Å². The first kappa shape index (κ1) is 14.6. The highest BCUT2D eigenvalue weighted by molar-refractivity contribution is 5.39. The van der Waals surface area contributed by atoms with Gasteiger partial charge in [-0.25, -0.2) is 0 Å². The first-order valence-corrected chi connectivity index (χ1v) is 6.10. The molecule has 0 aliphatic heterocycles. The van der Waals surface area contributed by atoms with Gasteiger partial charge < -0.3 is 0 Å². The van der Waals surface area contributed by atoms with E-state index >= 15 is 0 Å². The van der Waals surface area contributed by atoms with Gasteiger partial charge in [-0.3, -0.25) is 0 Å². The third-order valence-corrected chi connectivity index (χ3v) is 2.76. The molecule has 0 saturated heterocycles. The molecular formula is C15H17F3. The topological polar surface area (TPSA) is 0 Å². The molecule has 0 bridgehead atoms. The van der Waals surface area contributed by atoms with Crippen molar-refractivity contribution in [3.63, 3.8) is 0 Å². The summed E-state index contributed by atoms with van der Waals surface area (Å²) >= 11 is 0. The van der Waals surface area contributed by atoms with Gasteiger partial charge in [0.2, 0.25) is 0 Å². The van der Waals surface area contributed by atoms with Crippen LogP contribution in [0.4, 0.5) is 13.2 Å². The van der Waals surface area contributed by atoms with E-state index in [1.807, 2.05) is 26.8 Å². The summed E-state index contributed by atoms with van der Waals surface area (Å²) in [5, 5.41) is 0. The average Bonchev–Trinajstić information content (AvgIpc) is 3.09. The molecule has 0 atom stereocenters. The van der Waals surface area contributed by atoms with Gasteiger partial charge in [-0.2, -0.15) is 13.2 Å². The molecular weight excluding hydrogens is 237 g/mol. The van der Waals surface area contributed by atoms with Crippen molar-refractivity contribution in [1.82, 2.24) is 0 Å². The van der Waals surface area contributed by atoms with Gasteiger partial charge in [0.1, 0.15) is 5.41 Å². The second-order valence-corrected chi connectivity index (χ2v) is 4.20. The molecule has 0 unspecified atom stereocenters. The van der Waals surface area contributed by atoms with Crippen molar-refractivity contribution in [2.75, 3.05) is 0 Å². The lowest BCUT2D eigenvalue weighted by Crippen LogP contribution is -2.22. The highest BCUT2D eigenvalue weighted by Crippen LogP contribution is 2.57. The number of hydrogen-bond acceptors (Lipinski definition) is 0. The SMILES string of the molecule is CC.Cc1cccc(C#CC2(C(F)(F)F)CC2)c1. The lowest BCUT2D eigenvalue weighted by molar-refractivity contribution is -0.168. The zero-order valence-electron chi connectivity index (χ0n) is 10.9. The van der Waals surface area contributed by atoms with Gasteiger partial charge in [0, 0.05) is 5.56 Å². The monoisotopic (exact) mass is 254 g/mol. The number of rotatable bonds is 0. The molecule has 1 aromatic carbocycles. The van der Waals surface area contributed by atoms with E-state index in [1.54, 1.807) is 18.2 Å². The predicted octanol–water partition coefficient (Wildman–Crippen LogP) is 4.72. The van der Waals surface area contributed by atoms with Crippen LogP contribution in [0.3, 0.4) is 0 Å². The molecule has 1 fully saturated rings. The summed E-state index contributed by atoms with van der Waals surface area (Å²) in [6, 6.07) is 7.21. The van der Waals surface area contributed by atoms with Gasteiger partial charge in [-0.1, -0.05) is 37.8 Å². The molecule has 1 aliphatic carbocycles. The Kier molecular flexibility index (Phi) is 4.45. The van der Waals surface area contributed by atoms with Crippen LogP contribution in [0.1, 0.15) is 37.8 Å². The van der Waals surface area contributed by atoms with Crippen LogP contribution >= 0.6 is 0 Å². The molecule has 0 aromatic heterocycles. The fourth-order valence-electron chi connectivity index (χ4n) is 1.52. The molecule has 0 amide bonds. The Morgan fingerprint density at radius 3 is 2.22 bits per heavy atom. The molecule has 0 nitrogen and oxygen atoms in total. The standard InChI is InChI=1S/C13H11F3.C2H6/c1-10-3-2-4-11(9-10)5-6-12(7-8-12)13(14,15)16;1-2/h2-4,9H,7-8H2,1H3;1-2H3. The van der Waals surface area contributed by atoms with E-state index in [9.17, 15) is 13.2 Å². The van der Waals surface area contributed by atoms with E-state index in [4.69, 9.17) is 0 Å². The molecule has 0 heterocycles. The van der Waals surface area contributed by atoms with E-state index in [0.29, 0.717) is 5.56 Å². The van der Waals surface area contributed by atoms with Gasteiger partial charge in [0.05, 0.1) is 0 Å². The first-order valence-electron chi connectivity index (χ1n) is 6.10. The molecule has 3 heteroatoms. The fraction of sp³-hybridized carbons (Fsp3) is 0.467. The van der Waals surface area contributed by atoms with Gasteiger partial charge >= 0.3 is 6.18 Å². The van der Waals surface area contributed by atoms with E-state index in [-0.39, 0.29) is 12.8 Å². The molecule has 0 radical (unpaired) electrons. The number of benzene rings is 1. The Morgan fingerprint density at radius 2 is 1.78 bits per heavy atom. The van der Waals surface area contributed by atoms with Crippen LogP contribution in [0.25, 0.3) is 0 Å². The summed E-state index contributed by atoms with van der Waals surface area (Å²) in [6.45, 7) is 5.89. The fourth-order valence-corrected chi connectivity index (χ4v) is 1.52. The minimum Gasteiger partial charge on any atom is -0.169 e. The normalized spacial score (nSPS) is 15.9. The lowest BCUT2D eigenvalue weighted by atomic mass is 10.1. The van der Waals surface area contributed by atoms with Crippen LogP contribution in [-0.2, 0) is 0 Å². The molecule has 0 N–H and O–H groups in total. The Morgan fingerprint density at radius 1 is 1.17 bits per heavy atom. The summed E-state index contributed by atoms with van der Waals surface area (Å²) in [6.07, 6.45) is -3.92. The molecule has 1 aromatic rings. The van der Waals surface area contributed by atoms with Crippen molar-refractivity contribution in [2.24, 2.45) is 5.41 Å². The van der Waals surface area contributed by atoms with Gasteiger partial charge in [-0.05, 0) is 37.5 Å². The Hall–Kier alpha value is -1.43. The van der Waals surface area contributed by atoms with Gasteiger partial charge in [-0.15, -0.1) is 0 Å². The van der Waals surface area contributed by atoms with Crippen LogP contribution in [0.15, 0.2) is 24.3 Å². The number of aryl methyl sites for hydroxylation is 1. The predicted molar refractivity (Wildman–Crippen MR) is 67.1 cm³/mol. The second-order valence-electron chi connectivity index (χ2n) is 4.20. The minimum atomic E-state index is -4.19. The molecule has 18 heavy (non-hydrogen) atoms. The zero-order chi connectivity index (χ0) is 13.8. The van der Waals surface area contributed by atoms with Crippen molar-refractivity contribution in [1.29, 1.82) is 0 Å². The molecule has 2 rings (SSSR count). The van der Waals surface area contributed by atoms with Crippen molar-refractivity contribution < 1.29 is 13.2 Å². The summed E-state index contributed by atoms with van der Waals surface area (Å²) < 4.78 is 37.7. The maximum Gasteiger partial charge on any atom is 0.405 e. The van der Waals surface area contributed by atoms with Gasteiger partial charge in [0.15, 0.2) is 0 Å². The second kappa shape index (κ2) is 5.48. The van der Waals surface area contributed by atoms with Crippen molar-refractivity contribution in [3.05, 3.63) is 35.4 Å². The minimum absolute atomic E-state index is 0.134. The maximum absolute atomic E-state index is 12.6. The van der Waals surface area contributed by atoms with Crippen LogP contribution < -0.4 is 0 Å². The number of alkyl halides is 3. The van der Waals surface area contributed by atoms with E-state index < -0.39 is 11.6 Å². The smallest absolute Gasteiger partial charge is 0.169 e. The van der Waals surface area contributed by atoms with E-state index in [0.717, 1.165) is 5.56 Å². The maximum atomic E-state index is 12.6. The largest absolute Gasteiger partial charge is 0.405 e. The Bertz CT molecular complexity index is 457. The number of hydrogen-bond donors (Lipinski definition) is 0. The van der Waals surface area contributed by atoms with Crippen LogP contribution in [0.5, 0.6) is 0 Å². The highest BCUT2D eigenvalue weighted by atomic mass is 19.4. The average molecular weight is 254 g/mol. The third kappa shape index (κ3) is 3.29. The quantitative estimate of drug-likeness (QED) is 0.588. The van der Waals surface area contributed by atoms with E-state index in [1.165, 1.54) is 0 Å². The molecule has 1 saturated carbocycles. The van der Waals surface area contributed by atoms with Crippen LogP contribution in [-0.4, -0.2) is 6.18 Å². The lowest BCUT2D eigenvalue weighted by Gasteiger charge is -2.11. The van der Waals surface area contributed by atoms with Crippen LogP contribution in [0.2, 0.25) is 0 Å². The summed E-state index contributed by atoms with van der Waals surface area (Å²) in [4.78, 5) is 0. The zero-order valence-corrected chi connectivity index (χ0v) is 10.9. The van der Waals surface area contributed by atoms with Crippen molar-refractivity contribution >= 4 is 0 Å². The van der Waals surface area contributed by atoms with Crippen molar-refractivity contribution in [2.45, 2.75) is 39.8 Å². The van der Waals surface area contributed by atoms with Gasteiger partial charge in [0.25, 0.3) is 0 Å². The molecule has 98 valence electrons. The third-order valence-electron chi connectivity index (χ3n) is 2.76. The molecule has 1 aliphatic rings. The van der Waals surface area contributed by atoms with Crippen molar-refractivity contribution in [3.8, 4) is 11.8 Å². The highest BCUT2D eigenvalue weighted by Gasteiger charge is 2.62. The summed E-state index contributed by atoms with van der Waals surface area (Å²) in [5.41, 5.74) is -0.0734. The van der Waals surface area contributed by atoms with Crippen LogP contribution in [0, 0.1) is 24.2 Å². The number of halogens is 3. The molecule has 0 spiro atoms. The first-order chi connectivity index (χ1) is 8.43.